The van der Waals surface area contributed by atoms with Crippen LogP contribution in [0.25, 0.3) is 0 Å². The first-order valence-electron chi connectivity index (χ1n) is 4.82. The van der Waals surface area contributed by atoms with Crippen molar-refractivity contribution in [3.8, 4) is 12.3 Å². The second kappa shape index (κ2) is 5.12. The number of aromatic carboxylic acids is 1. The van der Waals surface area contributed by atoms with Crippen molar-refractivity contribution in [1.82, 2.24) is 9.97 Å². The molecule has 0 bridgehead atoms. The Bertz CT molecular complexity index is 423. The van der Waals surface area contributed by atoms with Gasteiger partial charge in [0.25, 0.3) is 0 Å². The van der Waals surface area contributed by atoms with Gasteiger partial charge < -0.3 is 10.4 Å². The molecule has 0 aromatic carbocycles. The van der Waals surface area contributed by atoms with Gasteiger partial charge in [0.1, 0.15) is 12.1 Å². The van der Waals surface area contributed by atoms with Crippen molar-refractivity contribution in [2.24, 2.45) is 5.92 Å². The van der Waals surface area contributed by atoms with E-state index >= 15 is 0 Å². The van der Waals surface area contributed by atoms with Gasteiger partial charge in [-0.1, -0.05) is 19.8 Å². The molecule has 0 aliphatic carbocycles. The number of nitrogens with zero attached hydrogens (tertiary/aromatic N) is 2. The summed E-state index contributed by atoms with van der Waals surface area (Å²) >= 11 is 0. The fourth-order valence-corrected chi connectivity index (χ4v) is 1.11. The van der Waals surface area contributed by atoms with Gasteiger partial charge in [0, 0.05) is 6.07 Å². The molecule has 0 fully saturated rings. The SMILES string of the molecule is C#CC(Nc1cc(C(=O)O)ncn1)C(C)C. The lowest BCUT2D eigenvalue weighted by Gasteiger charge is -2.16. The maximum absolute atomic E-state index is 10.7. The van der Waals surface area contributed by atoms with Crippen LogP contribution in [0, 0.1) is 18.3 Å². The molecule has 0 aliphatic heterocycles. The molecule has 0 radical (unpaired) electrons. The molecule has 84 valence electrons. The maximum Gasteiger partial charge on any atom is 0.354 e. The predicted molar refractivity (Wildman–Crippen MR) is 60.1 cm³/mol. The van der Waals surface area contributed by atoms with Crippen LogP contribution in [0.4, 0.5) is 5.82 Å². The van der Waals surface area contributed by atoms with Gasteiger partial charge in [0.05, 0.1) is 6.04 Å². The summed E-state index contributed by atoms with van der Waals surface area (Å²) in [6.07, 6.45) is 6.54. The Kier molecular flexibility index (Phi) is 3.84. The Morgan fingerprint density at radius 1 is 1.56 bits per heavy atom. The van der Waals surface area contributed by atoms with Crippen molar-refractivity contribution >= 4 is 11.8 Å². The fourth-order valence-electron chi connectivity index (χ4n) is 1.11. The van der Waals surface area contributed by atoms with Crippen LogP contribution in [-0.2, 0) is 0 Å². The lowest BCUT2D eigenvalue weighted by molar-refractivity contribution is 0.0690. The van der Waals surface area contributed by atoms with Crippen molar-refractivity contribution in [2.45, 2.75) is 19.9 Å². The number of anilines is 1. The molecule has 1 unspecified atom stereocenters. The first-order chi connectivity index (χ1) is 7.54. The predicted octanol–water partition coefficient (Wildman–Crippen LogP) is 1.24. The molecule has 0 aliphatic rings. The highest BCUT2D eigenvalue weighted by molar-refractivity contribution is 5.86. The molecule has 16 heavy (non-hydrogen) atoms. The van der Waals surface area contributed by atoms with Crippen LogP contribution < -0.4 is 5.32 Å². The summed E-state index contributed by atoms with van der Waals surface area (Å²) in [5.74, 6) is 2.14. The Hall–Kier alpha value is -2.09. The first kappa shape index (κ1) is 12.0. The molecule has 5 heteroatoms. The Morgan fingerprint density at radius 2 is 2.25 bits per heavy atom. The second-order valence-corrected chi connectivity index (χ2v) is 3.63. The zero-order valence-electron chi connectivity index (χ0n) is 9.14. The van der Waals surface area contributed by atoms with E-state index in [0.29, 0.717) is 5.82 Å². The van der Waals surface area contributed by atoms with Crippen LogP contribution >= 0.6 is 0 Å². The molecule has 0 amide bonds. The minimum absolute atomic E-state index is 0.0583. The van der Waals surface area contributed by atoms with Crippen molar-refractivity contribution in [1.29, 1.82) is 0 Å². The largest absolute Gasteiger partial charge is 0.477 e. The summed E-state index contributed by atoms with van der Waals surface area (Å²) in [4.78, 5) is 18.2. The number of aromatic nitrogens is 2. The highest BCUT2D eigenvalue weighted by atomic mass is 16.4. The van der Waals surface area contributed by atoms with Gasteiger partial charge in [-0.15, -0.1) is 6.42 Å². The summed E-state index contributed by atoms with van der Waals surface area (Å²) in [6, 6.07) is 1.17. The van der Waals surface area contributed by atoms with E-state index in [9.17, 15) is 4.79 Å². The number of rotatable bonds is 4. The first-order valence-corrected chi connectivity index (χ1v) is 4.82. The molecular weight excluding hydrogens is 206 g/mol. The third kappa shape index (κ3) is 2.95. The summed E-state index contributed by atoms with van der Waals surface area (Å²) in [5, 5.41) is 11.7. The van der Waals surface area contributed by atoms with Gasteiger partial charge >= 0.3 is 5.97 Å². The van der Waals surface area contributed by atoms with E-state index in [2.05, 4.69) is 21.2 Å². The zero-order chi connectivity index (χ0) is 12.1. The average Bonchev–Trinajstić information content (AvgIpc) is 2.25. The van der Waals surface area contributed by atoms with Crippen molar-refractivity contribution < 1.29 is 9.90 Å². The Morgan fingerprint density at radius 3 is 2.75 bits per heavy atom. The van der Waals surface area contributed by atoms with E-state index in [4.69, 9.17) is 11.5 Å². The van der Waals surface area contributed by atoms with Gasteiger partial charge in [0.15, 0.2) is 5.69 Å². The number of carboxylic acids is 1. The van der Waals surface area contributed by atoms with Crippen LogP contribution in [0.2, 0.25) is 0 Å². The second-order valence-electron chi connectivity index (χ2n) is 3.63. The molecule has 1 aromatic rings. The highest BCUT2D eigenvalue weighted by Crippen LogP contribution is 2.10. The van der Waals surface area contributed by atoms with Crippen LogP contribution in [0.3, 0.4) is 0 Å². The van der Waals surface area contributed by atoms with Crippen LogP contribution in [0.5, 0.6) is 0 Å². The third-order valence-corrected chi connectivity index (χ3v) is 2.04. The Balaban J connectivity index is 2.86. The minimum atomic E-state index is -1.09. The molecule has 1 heterocycles. The third-order valence-electron chi connectivity index (χ3n) is 2.04. The van der Waals surface area contributed by atoms with E-state index < -0.39 is 5.97 Å². The lowest BCUT2D eigenvalue weighted by Crippen LogP contribution is -2.24. The van der Waals surface area contributed by atoms with Gasteiger partial charge in [-0.25, -0.2) is 14.8 Å². The number of nitrogens with one attached hydrogen (secondary N) is 1. The molecule has 1 atom stereocenters. The summed E-state index contributed by atoms with van der Waals surface area (Å²) in [7, 11) is 0. The number of terminal acetylenes is 1. The number of hydrogen-bond acceptors (Lipinski definition) is 4. The van der Waals surface area contributed by atoms with Crippen LogP contribution in [-0.4, -0.2) is 27.1 Å². The summed E-state index contributed by atoms with van der Waals surface area (Å²) < 4.78 is 0. The molecule has 0 saturated carbocycles. The standard InChI is InChI=1S/C11H13N3O2/c1-4-8(7(2)3)14-10-5-9(11(15)16)12-6-13-10/h1,5-8H,2-3H3,(H,15,16)(H,12,13,14). The molecule has 5 nitrogen and oxygen atoms in total. The summed E-state index contributed by atoms with van der Waals surface area (Å²) in [5.41, 5.74) is -0.0583. The smallest absolute Gasteiger partial charge is 0.354 e. The molecular formula is C11H13N3O2. The average molecular weight is 219 g/mol. The van der Waals surface area contributed by atoms with Crippen LogP contribution in [0.1, 0.15) is 24.3 Å². The van der Waals surface area contributed by atoms with E-state index in [-0.39, 0.29) is 17.7 Å². The van der Waals surface area contributed by atoms with Gasteiger partial charge in [-0.3, -0.25) is 0 Å². The Labute approximate surface area is 93.9 Å². The molecule has 1 aromatic heterocycles. The topological polar surface area (TPSA) is 75.1 Å². The normalized spacial score (nSPS) is 11.9. The fraction of sp³-hybridized carbons (Fsp3) is 0.364. The summed E-state index contributed by atoms with van der Waals surface area (Å²) in [6.45, 7) is 3.94. The van der Waals surface area contributed by atoms with E-state index in [1.165, 1.54) is 12.4 Å². The number of hydrogen-bond donors (Lipinski definition) is 2. The van der Waals surface area contributed by atoms with Gasteiger partial charge in [0.2, 0.25) is 0 Å². The molecule has 0 saturated heterocycles. The van der Waals surface area contributed by atoms with E-state index in [1.807, 2.05) is 13.8 Å². The van der Waals surface area contributed by atoms with Gasteiger partial charge in [-0.2, -0.15) is 0 Å². The van der Waals surface area contributed by atoms with Crippen LogP contribution in [0.15, 0.2) is 12.4 Å². The molecule has 2 N–H and O–H groups in total. The minimum Gasteiger partial charge on any atom is -0.477 e. The highest BCUT2D eigenvalue weighted by Gasteiger charge is 2.12. The monoisotopic (exact) mass is 219 g/mol. The van der Waals surface area contributed by atoms with E-state index in [0.717, 1.165) is 0 Å². The van der Waals surface area contributed by atoms with Crippen molar-refractivity contribution in [3.63, 3.8) is 0 Å². The number of carboxylic acid groups (broad SMARTS) is 1. The van der Waals surface area contributed by atoms with Crippen molar-refractivity contribution in [2.75, 3.05) is 5.32 Å². The van der Waals surface area contributed by atoms with E-state index in [1.54, 1.807) is 0 Å². The molecule has 1 rings (SSSR count). The zero-order valence-corrected chi connectivity index (χ0v) is 9.14. The van der Waals surface area contributed by atoms with Gasteiger partial charge in [-0.05, 0) is 5.92 Å². The lowest BCUT2D eigenvalue weighted by atomic mass is 10.1. The quantitative estimate of drug-likeness (QED) is 0.745. The van der Waals surface area contributed by atoms with Crippen molar-refractivity contribution in [3.05, 3.63) is 18.1 Å². The molecule has 0 spiro atoms. The number of carbonyl (C=O) groups is 1. The maximum atomic E-state index is 10.7.